The minimum absolute atomic E-state index is 0.00148. The van der Waals surface area contributed by atoms with Crippen LogP contribution in [0.3, 0.4) is 0 Å². The first-order chi connectivity index (χ1) is 5.99. The molecule has 0 aliphatic carbocycles. The average molecular weight is 189 g/mol. The fourth-order valence-corrected chi connectivity index (χ4v) is 1.10. The van der Waals surface area contributed by atoms with Gasteiger partial charge >= 0.3 is 11.9 Å². The molecule has 0 spiro atoms. The van der Waals surface area contributed by atoms with Crippen molar-refractivity contribution in [3.05, 3.63) is 0 Å². The molecular formula is C8H15NO4. The summed E-state index contributed by atoms with van der Waals surface area (Å²) in [7, 11) is 0. The number of carboxylic acids is 2. The van der Waals surface area contributed by atoms with Gasteiger partial charge < -0.3 is 15.9 Å². The molecule has 0 saturated carbocycles. The Bertz CT molecular complexity index is 193. The van der Waals surface area contributed by atoms with E-state index in [0.717, 1.165) is 0 Å². The summed E-state index contributed by atoms with van der Waals surface area (Å²) < 4.78 is 0. The van der Waals surface area contributed by atoms with Gasteiger partial charge in [-0.15, -0.1) is 0 Å². The van der Waals surface area contributed by atoms with Crippen molar-refractivity contribution in [2.45, 2.75) is 32.2 Å². The zero-order valence-electron chi connectivity index (χ0n) is 7.56. The van der Waals surface area contributed by atoms with Crippen molar-refractivity contribution < 1.29 is 19.8 Å². The van der Waals surface area contributed by atoms with E-state index >= 15 is 0 Å². The summed E-state index contributed by atoms with van der Waals surface area (Å²) in [6, 6.07) is -1.08. The monoisotopic (exact) mass is 189 g/mol. The summed E-state index contributed by atoms with van der Waals surface area (Å²) in [5.74, 6) is -2.77. The molecule has 0 aliphatic rings. The molecule has 0 fully saturated rings. The molecule has 13 heavy (non-hydrogen) atoms. The van der Waals surface area contributed by atoms with Crippen LogP contribution in [0.1, 0.15) is 26.2 Å². The molecule has 0 heterocycles. The van der Waals surface area contributed by atoms with Crippen LogP contribution in [0.4, 0.5) is 0 Å². The number of carbonyl (C=O) groups is 2. The molecular weight excluding hydrogens is 174 g/mol. The van der Waals surface area contributed by atoms with Gasteiger partial charge in [-0.3, -0.25) is 9.59 Å². The highest BCUT2D eigenvalue weighted by atomic mass is 16.4. The molecule has 0 aromatic rings. The molecule has 0 bridgehead atoms. The maximum atomic E-state index is 10.6. The molecule has 5 nitrogen and oxygen atoms in total. The van der Waals surface area contributed by atoms with Crippen molar-refractivity contribution in [1.29, 1.82) is 0 Å². The zero-order valence-corrected chi connectivity index (χ0v) is 7.56. The molecule has 1 unspecified atom stereocenters. The number of hydrogen-bond acceptors (Lipinski definition) is 3. The molecule has 0 aliphatic heterocycles. The van der Waals surface area contributed by atoms with Gasteiger partial charge in [0.15, 0.2) is 0 Å². The predicted molar refractivity (Wildman–Crippen MR) is 46.3 cm³/mol. The maximum Gasteiger partial charge on any atom is 0.320 e. The first kappa shape index (κ1) is 11.9. The van der Waals surface area contributed by atoms with Gasteiger partial charge in [-0.25, -0.2) is 0 Å². The van der Waals surface area contributed by atoms with Crippen LogP contribution in [0, 0.1) is 5.92 Å². The summed E-state index contributed by atoms with van der Waals surface area (Å²) in [6.07, 6.45) is 1.18. The molecule has 0 amide bonds. The molecule has 0 radical (unpaired) electrons. The quantitative estimate of drug-likeness (QED) is 0.557. The van der Waals surface area contributed by atoms with E-state index in [2.05, 4.69) is 0 Å². The van der Waals surface area contributed by atoms with Crippen LogP contribution in [-0.4, -0.2) is 28.2 Å². The Hall–Kier alpha value is -1.10. The van der Waals surface area contributed by atoms with Gasteiger partial charge in [0.1, 0.15) is 6.04 Å². The minimum Gasteiger partial charge on any atom is -0.481 e. The second-order valence-corrected chi connectivity index (χ2v) is 3.00. The molecule has 0 rings (SSSR count). The van der Waals surface area contributed by atoms with E-state index in [1.54, 1.807) is 0 Å². The van der Waals surface area contributed by atoms with Gasteiger partial charge in [0.2, 0.25) is 0 Å². The third-order valence-electron chi connectivity index (χ3n) is 1.84. The van der Waals surface area contributed by atoms with Crippen LogP contribution in [-0.2, 0) is 9.59 Å². The lowest BCUT2D eigenvalue weighted by Crippen LogP contribution is -2.34. The number of aliphatic carboxylic acids is 2. The van der Waals surface area contributed by atoms with Crippen LogP contribution >= 0.6 is 0 Å². The van der Waals surface area contributed by atoms with Gasteiger partial charge in [0.05, 0.1) is 5.92 Å². The number of nitrogens with two attached hydrogens (primary N) is 1. The standard InChI is InChI=1S/C8H15NO4/c1-2-3-5(7(10)11)4-6(9)8(12)13/h5-6H,2-4,9H2,1H3,(H,10,11)(H,12,13)/t5?,6-/m1/s1. The molecule has 0 aromatic carbocycles. The lowest BCUT2D eigenvalue weighted by molar-refractivity contribution is -0.143. The molecule has 76 valence electrons. The van der Waals surface area contributed by atoms with E-state index in [4.69, 9.17) is 15.9 Å². The summed E-state index contributed by atoms with van der Waals surface area (Å²) in [5, 5.41) is 17.1. The molecule has 0 saturated heterocycles. The normalized spacial score (nSPS) is 14.9. The molecule has 5 heteroatoms. The Balaban J connectivity index is 4.09. The van der Waals surface area contributed by atoms with Gasteiger partial charge in [0.25, 0.3) is 0 Å². The summed E-state index contributed by atoms with van der Waals surface area (Å²) in [5.41, 5.74) is 5.22. The highest BCUT2D eigenvalue weighted by Gasteiger charge is 2.23. The minimum atomic E-state index is -1.15. The van der Waals surface area contributed by atoms with Gasteiger partial charge in [0, 0.05) is 0 Å². The second kappa shape index (κ2) is 5.53. The summed E-state index contributed by atoms with van der Waals surface area (Å²) in [4.78, 5) is 20.9. The van der Waals surface area contributed by atoms with E-state index in [-0.39, 0.29) is 6.42 Å². The number of carboxylic acid groups (broad SMARTS) is 2. The largest absolute Gasteiger partial charge is 0.481 e. The van der Waals surface area contributed by atoms with Crippen molar-refractivity contribution in [3.8, 4) is 0 Å². The zero-order chi connectivity index (χ0) is 10.4. The summed E-state index contributed by atoms with van der Waals surface area (Å²) in [6.45, 7) is 1.85. The van der Waals surface area contributed by atoms with Crippen LogP contribution < -0.4 is 5.73 Å². The lowest BCUT2D eigenvalue weighted by atomic mass is 9.96. The first-order valence-electron chi connectivity index (χ1n) is 4.20. The van der Waals surface area contributed by atoms with Crippen LogP contribution in [0.15, 0.2) is 0 Å². The van der Waals surface area contributed by atoms with Crippen molar-refractivity contribution in [2.24, 2.45) is 11.7 Å². The SMILES string of the molecule is CCCC(C[C@@H](N)C(=O)O)C(=O)O. The highest BCUT2D eigenvalue weighted by Crippen LogP contribution is 2.13. The lowest BCUT2D eigenvalue weighted by Gasteiger charge is -2.13. The maximum absolute atomic E-state index is 10.6. The van der Waals surface area contributed by atoms with Crippen LogP contribution in [0.5, 0.6) is 0 Å². The fraction of sp³-hybridized carbons (Fsp3) is 0.750. The first-order valence-corrected chi connectivity index (χ1v) is 4.20. The Morgan fingerprint density at radius 3 is 2.15 bits per heavy atom. The van der Waals surface area contributed by atoms with Gasteiger partial charge in [-0.1, -0.05) is 13.3 Å². The Kier molecular flexibility index (Phi) is 5.06. The van der Waals surface area contributed by atoms with Crippen LogP contribution in [0.25, 0.3) is 0 Å². The highest BCUT2D eigenvalue weighted by molar-refractivity contribution is 5.75. The summed E-state index contributed by atoms with van der Waals surface area (Å²) >= 11 is 0. The van der Waals surface area contributed by atoms with Crippen molar-refractivity contribution >= 4 is 11.9 Å². The van der Waals surface area contributed by atoms with Gasteiger partial charge in [-0.05, 0) is 12.8 Å². The molecule has 0 aromatic heterocycles. The van der Waals surface area contributed by atoms with Crippen LogP contribution in [0.2, 0.25) is 0 Å². The van der Waals surface area contributed by atoms with E-state index in [1.165, 1.54) is 0 Å². The number of hydrogen-bond donors (Lipinski definition) is 3. The van der Waals surface area contributed by atoms with Crippen molar-refractivity contribution in [3.63, 3.8) is 0 Å². The van der Waals surface area contributed by atoms with E-state index in [1.807, 2.05) is 6.92 Å². The van der Waals surface area contributed by atoms with E-state index in [0.29, 0.717) is 12.8 Å². The average Bonchev–Trinajstić information content (AvgIpc) is 2.03. The third-order valence-corrected chi connectivity index (χ3v) is 1.84. The number of rotatable bonds is 6. The van der Waals surface area contributed by atoms with E-state index in [9.17, 15) is 9.59 Å². The Labute approximate surface area is 76.5 Å². The van der Waals surface area contributed by atoms with Crippen molar-refractivity contribution in [1.82, 2.24) is 0 Å². The molecule has 2 atom stereocenters. The second-order valence-electron chi connectivity index (χ2n) is 3.00. The predicted octanol–water partition coefficient (Wildman–Crippen LogP) is 0.289. The van der Waals surface area contributed by atoms with Gasteiger partial charge in [-0.2, -0.15) is 0 Å². The smallest absolute Gasteiger partial charge is 0.320 e. The Morgan fingerprint density at radius 1 is 1.31 bits per heavy atom. The molecule has 4 N–H and O–H groups in total. The third kappa shape index (κ3) is 4.47. The van der Waals surface area contributed by atoms with Crippen molar-refractivity contribution in [2.75, 3.05) is 0 Å². The fourth-order valence-electron chi connectivity index (χ4n) is 1.10. The Morgan fingerprint density at radius 2 is 1.85 bits per heavy atom. The topological polar surface area (TPSA) is 101 Å². The van der Waals surface area contributed by atoms with E-state index < -0.39 is 23.9 Å².